The van der Waals surface area contributed by atoms with Crippen LogP contribution in [0.4, 0.5) is 10.5 Å². The van der Waals surface area contributed by atoms with Gasteiger partial charge in [0, 0.05) is 38.4 Å². The van der Waals surface area contributed by atoms with E-state index >= 15 is 0 Å². The maximum atomic E-state index is 12.7. The minimum atomic E-state index is -0.603. The summed E-state index contributed by atoms with van der Waals surface area (Å²) in [6.45, 7) is 3.72. The molecule has 0 radical (unpaired) electrons. The van der Waals surface area contributed by atoms with Gasteiger partial charge in [-0.15, -0.1) is 0 Å². The maximum Gasteiger partial charge on any atom is 0.337 e. The molecule has 1 N–H and O–H groups in total. The molecule has 164 valence electrons. The van der Waals surface area contributed by atoms with Crippen LogP contribution in [0.2, 0.25) is 0 Å². The highest BCUT2D eigenvalue weighted by molar-refractivity contribution is 5.99. The van der Waals surface area contributed by atoms with Crippen molar-refractivity contribution in [2.24, 2.45) is 0 Å². The molecule has 8 nitrogen and oxygen atoms in total. The van der Waals surface area contributed by atoms with Crippen molar-refractivity contribution in [1.82, 2.24) is 9.80 Å². The summed E-state index contributed by atoms with van der Waals surface area (Å²) >= 11 is 0. The quantitative estimate of drug-likeness (QED) is 0.716. The number of hydrogen-bond donors (Lipinski definition) is 1. The Bertz CT molecular complexity index is 890. The summed E-state index contributed by atoms with van der Waals surface area (Å²) < 4.78 is 9.46. The number of amides is 2. The van der Waals surface area contributed by atoms with Crippen LogP contribution in [0.1, 0.15) is 26.3 Å². The third-order valence-corrected chi connectivity index (χ3v) is 5.25. The van der Waals surface area contributed by atoms with Gasteiger partial charge in [-0.2, -0.15) is 0 Å². The first-order valence-electron chi connectivity index (χ1n) is 10.1. The first kappa shape index (κ1) is 22.3. The summed E-state index contributed by atoms with van der Waals surface area (Å²) in [6, 6.07) is 14.4. The Hall–Kier alpha value is -3.39. The van der Waals surface area contributed by atoms with Crippen molar-refractivity contribution in [1.29, 1.82) is 0 Å². The second-order valence-electron chi connectivity index (χ2n) is 7.28. The molecule has 2 aromatic rings. The van der Waals surface area contributed by atoms with Gasteiger partial charge >= 0.3 is 18.0 Å². The first-order valence-corrected chi connectivity index (χ1v) is 10.1. The summed E-state index contributed by atoms with van der Waals surface area (Å²) in [5.74, 6) is -1.21. The Morgan fingerprint density at radius 1 is 0.871 bits per heavy atom. The van der Waals surface area contributed by atoms with E-state index in [0.29, 0.717) is 18.8 Å². The molecule has 1 aliphatic heterocycles. The van der Waals surface area contributed by atoms with Crippen LogP contribution in [0.25, 0.3) is 0 Å². The highest BCUT2D eigenvalue weighted by Crippen LogP contribution is 2.18. The smallest absolute Gasteiger partial charge is 0.337 e. The van der Waals surface area contributed by atoms with Gasteiger partial charge in [0.05, 0.1) is 25.3 Å². The number of rotatable bonds is 6. The molecule has 2 amide bonds. The predicted molar refractivity (Wildman–Crippen MR) is 116 cm³/mol. The lowest BCUT2D eigenvalue weighted by atomic mass is 10.1. The predicted octanol–water partition coefficient (Wildman–Crippen LogP) is 2.65. The van der Waals surface area contributed by atoms with E-state index in [1.54, 1.807) is 4.90 Å². The van der Waals surface area contributed by atoms with E-state index in [1.807, 2.05) is 18.2 Å². The zero-order valence-corrected chi connectivity index (χ0v) is 17.8. The minimum Gasteiger partial charge on any atom is -0.465 e. The standard InChI is InChI=1S/C23H27N3O5/c1-30-21(27)18-14-19(22(28)31-2)16-20(15-18)24-23(29)26-12-10-25(11-13-26)9-8-17-6-4-3-5-7-17/h3-7,14-16H,8-13H2,1-2H3,(H,24,29). The third kappa shape index (κ3) is 6.05. The van der Waals surface area contributed by atoms with E-state index in [0.717, 1.165) is 26.1 Å². The molecule has 31 heavy (non-hydrogen) atoms. The average molecular weight is 425 g/mol. The van der Waals surface area contributed by atoms with Gasteiger partial charge in [0.25, 0.3) is 0 Å². The lowest BCUT2D eigenvalue weighted by molar-refractivity contribution is 0.0599. The van der Waals surface area contributed by atoms with E-state index in [9.17, 15) is 14.4 Å². The van der Waals surface area contributed by atoms with Crippen molar-refractivity contribution in [3.63, 3.8) is 0 Å². The van der Waals surface area contributed by atoms with E-state index < -0.39 is 11.9 Å². The van der Waals surface area contributed by atoms with Crippen LogP contribution in [0.15, 0.2) is 48.5 Å². The molecule has 1 heterocycles. The normalized spacial score (nSPS) is 14.1. The zero-order chi connectivity index (χ0) is 22.2. The number of ether oxygens (including phenoxy) is 2. The Labute approximate surface area is 181 Å². The van der Waals surface area contributed by atoms with Crippen LogP contribution in [0, 0.1) is 0 Å². The molecular weight excluding hydrogens is 398 g/mol. The number of methoxy groups -OCH3 is 2. The Morgan fingerprint density at radius 2 is 1.45 bits per heavy atom. The number of anilines is 1. The third-order valence-electron chi connectivity index (χ3n) is 5.25. The van der Waals surface area contributed by atoms with E-state index in [-0.39, 0.29) is 17.2 Å². The second-order valence-corrected chi connectivity index (χ2v) is 7.28. The van der Waals surface area contributed by atoms with Crippen molar-refractivity contribution in [3.05, 3.63) is 65.2 Å². The van der Waals surface area contributed by atoms with E-state index in [2.05, 4.69) is 22.3 Å². The van der Waals surface area contributed by atoms with Crippen LogP contribution in [0.5, 0.6) is 0 Å². The highest BCUT2D eigenvalue weighted by Gasteiger charge is 2.22. The molecule has 0 aromatic heterocycles. The summed E-state index contributed by atoms with van der Waals surface area (Å²) in [5, 5.41) is 2.78. The summed E-state index contributed by atoms with van der Waals surface area (Å²) in [5.41, 5.74) is 1.95. The lowest BCUT2D eigenvalue weighted by Gasteiger charge is -2.34. The number of carbonyl (C=O) groups is 3. The molecule has 3 rings (SSSR count). The second kappa shape index (κ2) is 10.6. The zero-order valence-electron chi connectivity index (χ0n) is 17.8. The molecule has 0 atom stereocenters. The van der Waals surface area contributed by atoms with Gasteiger partial charge < -0.3 is 19.7 Å². The number of carbonyl (C=O) groups excluding carboxylic acids is 3. The monoisotopic (exact) mass is 425 g/mol. The Kier molecular flexibility index (Phi) is 7.61. The van der Waals surface area contributed by atoms with Gasteiger partial charge in [0.1, 0.15) is 0 Å². The Morgan fingerprint density at radius 3 is 2.00 bits per heavy atom. The fourth-order valence-electron chi connectivity index (χ4n) is 3.48. The molecule has 1 saturated heterocycles. The molecule has 0 spiro atoms. The number of piperazine rings is 1. The van der Waals surface area contributed by atoms with Gasteiger partial charge in [-0.3, -0.25) is 4.90 Å². The molecule has 8 heteroatoms. The molecule has 0 aliphatic carbocycles. The van der Waals surface area contributed by atoms with Crippen LogP contribution in [-0.4, -0.2) is 74.7 Å². The summed E-state index contributed by atoms with van der Waals surface area (Å²) in [6.07, 6.45) is 0.976. The van der Waals surface area contributed by atoms with Crippen LogP contribution < -0.4 is 5.32 Å². The molecule has 1 aliphatic rings. The maximum absolute atomic E-state index is 12.7. The van der Waals surface area contributed by atoms with Crippen molar-refractivity contribution in [2.45, 2.75) is 6.42 Å². The van der Waals surface area contributed by atoms with Crippen LogP contribution >= 0.6 is 0 Å². The number of hydrogen-bond acceptors (Lipinski definition) is 6. The molecule has 2 aromatic carbocycles. The fraction of sp³-hybridized carbons (Fsp3) is 0.348. The molecule has 1 fully saturated rings. The lowest BCUT2D eigenvalue weighted by Crippen LogP contribution is -2.50. The molecule has 0 bridgehead atoms. The van der Waals surface area contributed by atoms with Gasteiger partial charge in [-0.25, -0.2) is 14.4 Å². The highest BCUT2D eigenvalue weighted by atomic mass is 16.5. The number of nitrogens with zero attached hydrogens (tertiary/aromatic N) is 2. The summed E-state index contributed by atoms with van der Waals surface area (Å²) in [7, 11) is 2.51. The number of nitrogens with one attached hydrogen (secondary N) is 1. The topological polar surface area (TPSA) is 88.2 Å². The summed E-state index contributed by atoms with van der Waals surface area (Å²) in [4.78, 5) is 40.6. The van der Waals surface area contributed by atoms with E-state index in [4.69, 9.17) is 9.47 Å². The number of urea groups is 1. The number of benzene rings is 2. The van der Waals surface area contributed by atoms with Crippen LogP contribution in [-0.2, 0) is 15.9 Å². The van der Waals surface area contributed by atoms with Gasteiger partial charge in [0.15, 0.2) is 0 Å². The van der Waals surface area contributed by atoms with Crippen molar-refractivity contribution >= 4 is 23.7 Å². The molecular formula is C23H27N3O5. The average Bonchev–Trinajstić information content (AvgIpc) is 2.82. The van der Waals surface area contributed by atoms with Gasteiger partial charge in [-0.1, -0.05) is 30.3 Å². The van der Waals surface area contributed by atoms with Gasteiger partial charge in [-0.05, 0) is 30.2 Å². The van der Waals surface area contributed by atoms with Crippen molar-refractivity contribution in [2.75, 3.05) is 52.3 Å². The molecule has 0 saturated carbocycles. The Balaban J connectivity index is 1.57. The van der Waals surface area contributed by atoms with E-state index in [1.165, 1.54) is 38.0 Å². The van der Waals surface area contributed by atoms with Crippen LogP contribution in [0.3, 0.4) is 0 Å². The minimum absolute atomic E-state index is 0.159. The molecule has 0 unspecified atom stereocenters. The van der Waals surface area contributed by atoms with Crippen molar-refractivity contribution < 1.29 is 23.9 Å². The largest absolute Gasteiger partial charge is 0.465 e. The number of esters is 2. The first-order chi connectivity index (χ1) is 15.0. The van der Waals surface area contributed by atoms with Gasteiger partial charge in [0.2, 0.25) is 0 Å². The fourth-order valence-corrected chi connectivity index (χ4v) is 3.48. The SMILES string of the molecule is COC(=O)c1cc(NC(=O)N2CCN(CCc3ccccc3)CC2)cc(C(=O)OC)c1. The van der Waals surface area contributed by atoms with Crippen molar-refractivity contribution in [3.8, 4) is 0 Å².